The number of amidine groups is 1. The Bertz CT molecular complexity index is 1100. The predicted octanol–water partition coefficient (Wildman–Crippen LogP) is 2.44. The molecule has 1 aliphatic heterocycles. The predicted molar refractivity (Wildman–Crippen MR) is 128 cm³/mol. The summed E-state index contributed by atoms with van der Waals surface area (Å²) in [5.74, 6) is 1.16. The number of nitrogens with one attached hydrogen (secondary N) is 2. The van der Waals surface area contributed by atoms with E-state index in [1.165, 1.54) is 5.57 Å². The van der Waals surface area contributed by atoms with E-state index < -0.39 is 5.54 Å². The maximum Gasteiger partial charge on any atom is 0.225 e. The van der Waals surface area contributed by atoms with Crippen molar-refractivity contribution in [2.75, 3.05) is 20.3 Å². The first-order chi connectivity index (χ1) is 15.4. The highest BCUT2D eigenvalue weighted by Gasteiger charge is 2.45. The van der Waals surface area contributed by atoms with Crippen molar-refractivity contribution < 1.29 is 4.74 Å². The first-order valence-corrected chi connectivity index (χ1v) is 10.9. The Morgan fingerprint density at radius 1 is 1.41 bits per heavy atom. The van der Waals surface area contributed by atoms with Gasteiger partial charge >= 0.3 is 0 Å². The smallest absolute Gasteiger partial charge is 0.225 e. The van der Waals surface area contributed by atoms with E-state index in [1.54, 1.807) is 19.4 Å². The molecule has 168 valence electrons. The van der Waals surface area contributed by atoms with Crippen LogP contribution in [0.3, 0.4) is 0 Å². The van der Waals surface area contributed by atoms with Crippen LogP contribution < -0.4 is 16.4 Å². The molecule has 0 spiro atoms. The average molecular weight is 434 g/mol. The minimum Gasteiger partial charge on any atom is -0.388 e. The lowest BCUT2D eigenvalue weighted by atomic mass is 9.70. The molecule has 8 heteroatoms. The van der Waals surface area contributed by atoms with E-state index in [0.717, 1.165) is 28.9 Å². The van der Waals surface area contributed by atoms with Gasteiger partial charge in [0.15, 0.2) is 0 Å². The Balaban J connectivity index is 1.72. The number of aryl methyl sites for hydroxylation is 1. The zero-order chi connectivity index (χ0) is 22.7. The molecule has 0 saturated carbocycles. The van der Waals surface area contributed by atoms with Crippen molar-refractivity contribution in [3.05, 3.63) is 65.6 Å². The number of nitrogens with zero attached hydrogens (tertiary/aromatic N) is 4. The van der Waals surface area contributed by atoms with Crippen LogP contribution in [0.15, 0.2) is 64.4 Å². The maximum absolute atomic E-state index is 6.11. The molecule has 2 heterocycles. The van der Waals surface area contributed by atoms with Crippen LogP contribution in [0.4, 0.5) is 0 Å². The van der Waals surface area contributed by atoms with Crippen LogP contribution in [0.5, 0.6) is 0 Å². The van der Waals surface area contributed by atoms with Gasteiger partial charge in [-0.2, -0.15) is 10.1 Å². The normalized spacial score (nSPS) is 22.6. The number of aliphatic imine (C=N–C) groups is 2. The van der Waals surface area contributed by atoms with E-state index in [4.69, 9.17) is 20.6 Å². The Morgan fingerprint density at radius 2 is 2.19 bits per heavy atom. The molecule has 1 aromatic carbocycles. The highest BCUT2D eigenvalue weighted by Crippen LogP contribution is 2.49. The van der Waals surface area contributed by atoms with Gasteiger partial charge in [-0.25, -0.2) is 4.99 Å². The Morgan fingerprint density at radius 3 is 2.94 bits per heavy atom. The van der Waals surface area contributed by atoms with E-state index in [0.29, 0.717) is 30.9 Å². The molecule has 4 rings (SSSR count). The number of rotatable bonds is 6. The van der Waals surface area contributed by atoms with Gasteiger partial charge in [0.25, 0.3) is 0 Å². The number of aromatic nitrogens is 2. The number of hydrogen-bond acceptors (Lipinski definition) is 6. The molecule has 8 nitrogen and oxygen atoms in total. The second-order valence-electron chi connectivity index (χ2n) is 8.33. The number of ether oxygens (including phenoxy) is 1. The topological polar surface area (TPSA) is 102 Å². The summed E-state index contributed by atoms with van der Waals surface area (Å²) in [7, 11) is 3.67. The van der Waals surface area contributed by atoms with Crippen LogP contribution in [-0.2, 0) is 23.7 Å². The first-order valence-electron chi connectivity index (χ1n) is 10.9. The van der Waals surface area contributed by atoms with Gasteiger partial charge in [0.1, 0.15) is 11.4 Å². The van der Waals surface area contributed by atoms with Gasteiger partial charge in [-0.15, -0.1) is 0 Å². The van der Waals surface area contributed by atoms with Crippen molar-refractivity contribution in [2.24, 2.45) is 28.7 Å². The zero-order valence-electron chi connectivity index (χ0n) is 19.1. The third-order valence-electron chi connectivity index (χ3n) is 5.99. The lowest BCUT2D eigenvalue weighted by Crippen LogP contribution is -2.40. The summed E-state index contributed by atoms with van der Waals surface area (Å²) < 4.78 is 6.99. The summed E-state index contributed by atoms with van der Waals surface area (Å²) >= 11 is 0. The molecule has 32 heavy (non-hydrogen) atoms. The van der Waals surface area contributed by atoms with Gasteiger partial charge in [-0.05, 0) is 30.9 Å². The number of methoxy groups -OCH3 is 1. The van der Waals surface area contributed by atoms with Crippen molar-refractivity contribution >= 4 is 11.8 Å². The summed E-state index contributed by atoms with van der Waals surface area (Å²) in [5, 5.41) is 11.2. The number of hydrogen-bond donors (Lipinski definition) is 3. The Kier molecular flexibility index (Phi) is 6.14. The van der Waals surface area contributed by atoms with Gasteiger partial charge in [0.05, 0.1) is 18.0 Å². The van der Waals surface area contributed by atoms with Crippen LogP contribution in [0.25, 0.3) is 11.3 Å². The molecule has 1 aromatic heterocycles. The zero-order valence-corrected chi connectivity index (χ0v) is 19.1. The van der Waals surface area contributed by atoms with E-state index >= 15 is 0 Å². The van der Waals surface area contributed by atoms with E-state index in [2.05, 4.69) is 41.6 Å². The maximum atomic E-state index is 6.11. The molecular weight excluding hydrogens is 402 g/mol. The molecule has 2 atom stereocenters. The van der Waals surface area contributed by atoms with Gasteiger partial charge in [-0.1, -0.05) is 37.3 Å². The fraction of sp³-hybridized carbons (Fsp3) is 0.375. The largest absolute Gasteiger partial charge is 0.388 e. The first kappa shape index (κ1) is 21.8. The third-order valence-corrected chi connectivity index (χ3v) is 5.99. The fourth-order valence-corrected chi connectivity index (χ4v) is 4.58. The fourth-order valence-electron chi connectivity index (χ4n) is 4.58. The molecule has 0 bridgehead atoms. The van der Waals surface area contributed by atoms with Crippen LogP contribution in [0.2, 0.25) is 0 Å². The van der Waals surface area contributed by atoms with Gasteiger partial charge < -0.3 is 21.1 Å². The van der Waals surface area contributed by atoms with Crippen molar-refractivity contribution in [2.45, 2.75) is 25.8 Å². The monoisotopic (exact) mass is 433 g/mol. The van der Waals surface area contributed by atoms with Crippen LogP contribution in [0.1, 0.15) is 25.1 Å². The lowest BCUT2D eigenvalue weighted by Gasteiger charge is -2.39. The molecule has 0 radical (unpaired) electrons. The van der Waals surface area contributed by atoms with E-state index in [-0.39, 0.29) is 0 Å². The standard InChI is InChI=1S/C24H31N7O/c1-16-14-19-21(22(31(3)30-19)17-8-6-5-7-9-17)24(2)18(16)15-27-23(29-24)28-20(25)10-11-26-12-13-32-4/h5-11,15-16,26H,12-14H2,1-4H3,(H3,25,27,28,29)/b11-10-/t16-,24?/m0/s1. The lowest BCUT2D eigenvalue weighted by molar-refractivity contribution is 0.203. The van der Waals surface area contributed by atoms with Gasteiger partial charge in [0, 0.05) is 44.2 Å². The molecule has 1 aliphatic carbocycles. The molecular formula is C24H31N7O. The van der Waals surface area contributed by atoms with Crippen molar-refractivity contribution in [3.8, 4) is 11.3 Å². The summed E-state index contributed by atoms with van der Waals surface area (Å²) in [6.45, 7) is 5.69. The summed E-state index contributed by atoms with van der Waals surface area (Å²) in [4.78, 5) is 9.57. The number of guanidine groups is 1. The second-order valence-corrected chi connectivity index (χ2v) is 8.33. The molecule has 2 aliphatic rings. The summed E-state index contributed by atoms with van der Waals surface area (Å²) in [5.41, 5.74) is 11.2. The Labute approximate surface area is 189 Å². The van der Waals surface area contributed by atoms with Crippen LogP contribution in [0, 0.1) is 5.92 Å². The van der Waals surface area contributed by atoms with Gasteiger partial charge in [-0.3, -0.25) is 4.68 Å². The third kappa shape index (κ3) is 4.05. The van der Waals surface area contributed by atoms with Crippen molar-refractivity contribution in [3.63, 3.8) is 0 Å². The quantitative estimate of drug-likeness (QED) is 0.369. The highest BCUT2D eigenvalue weighted by molar-refractivity contribution is 6.01. The average Bonchev–Trinajstić information content (AvgIpc) is 3.10. The summed E-state index contributed by atoms with van der Waals surface area (Å²) in [6.07, 6.45) is 6.40. The van der Waals surface area contributed by atoms with Crippen molar-refractivity contribution in [1.29, 1.82) is 0 Å². The molecule has 1 unspecified atom stereocenters. The highest BCUT2D eigenvalue weighted by atomic mass is 16.5. The van der Waals surface area contributed by atoms with Gasteiger partial charge in [0.2, 0.25) is 5.96 Å². The number of fused-ring (bicyclic) bond motifs is 3. The number of benzene rings is 1. The minimum atomic E-state index is -0.572. The second kappa shape index (κ2) is 9.00. The van der Waals surface area contributed by atoms with Crippen LogP contribution >= 0.6 is 0 Å². The molecule has 0 saturated heterocycles. The molecule has 2 aromatic rings. The number of nitrogens with two attached hydrogens (primary N) is 1. The molecule has 0 fully saturated rings. The Hall–Kier alpha value is -3.39. The van der Waals surface area contributed by atoms with Crippen LogP contribution in [-0.4, -0.2) is 41.8 Å². The molecule has 0 amide bonds. The SMILES string of the molecule is COCCN/C=C\C(N)=NC1=NC2(C)C(=CN1)[C@@H](C)Cc1nn(C)c(-c3ccccc3)c12. The summed E-state index contributed by atoms with van der Waals surface area (Å²) in [6, 6.07) is 10.4. The van der Waals surface area contributed by atoms with E-state index in [9.17, 15) is 0 Å². The molecule has 4 N–H and O–H groups in total. The minimum absolute atomic E-state index is 0.315. The van der Waals surface area contributed by atoms with E-state index in [1.807, 2.05) is 36.1 Å². The van der Waals surface area contributed by atoms with Crippen molar-refractivity contribution in [1.82, 2.24) is 20.4 Å².